The standard InChI is InChI=1S/C17H16N2O4/c1-21-13-6-12(7-14(8-13)22-2)17(20)18-9-11-3-4-15-16(5-11)23-10-19-15/h3-8,10H,9H2,1-2H3,(H,18,20). The number of ether oxygens (including phenoxy) is 2. The van der Waals surface area contributed by atoms with Crippen LogP contribution in [0.4, 0.5) is 0 Å². The maximum atomic E-state index is 12.3. The van der Waals surface area contributed by atoms with E-state index in [9.17, 15) is 4.79 Å². The van der Waals surface area contributed by atoms with Crippen LogP contribution in [0, 0.1) is 0 Å². The summed E-state index contributed by atoms with van der Waals surface area (Å²) in [6.45, 7) is 0.384. The molecule has 6 nitrogen and oxygen atoms in total. The van der Waals surface area contributed by atoms with Gasteiger partial charge in [-0.05, 0) is 29.8 Å². The van der Waals surface area contributed by atoms with Gasteiger partial charge < -0.3 is 19.2 Å². The number of hydrogen-bond acceptors (Lipinski definition) is 5. The largest absolute Gasteiger partial charge is 0.497 e. The molecular formula is C17H16N2O4. The number of nitrogens with one attached hydrogen (secondary N) is 1. The van der Waals surface area contributed by atoms with Crippen molar-refractivity contribution in [3.63, 3.8) is 0 Å². The highest BCUT2D eigenvalue weighted by atomic mass is 16.5. The molecule has 0 aliphatic carbocycles. The molecule has 3 rings (SSSR count). The van der Waals surface area contributed by atoms with E-state index < -0.39 is 0 Å². The Hall–Kier alpha value is -3.02. The monoisotopic (exact) mass is 312 g/mol. The maximum Gasteiger partial charge on any atom is 0.251 e. The molecule has 1 N–H and O–H groups in total. The molecular weight excluding hydrogens is 296 g/mol. The van der Waals surface area contributed by atoms with Crippen molar-refractivity contribution in [3.05, 3.63) is 53.9 Å². The van der Waals surface area contributed by atoms with Crippen LogP contribution in [-0.4, -0.2) is 25.1 Å². The Morgan fingerprint density at radius 2 is 1.87 bits per heavy atom. The molecule has 0 spiro atoms. The molecule has 0 bridgehead atoms. The second kappa shape index (κ2) is 6.39. The van der Waals surface area contributed by atoms with Gasteiger partial charge in [-0.1, -0.05) is 6.07 Å². The van der Waals surface area contributed by atoms with Crippen molar-refractivity contribution in [2.45, 2.75) is 6.54 Å². The lowest BCUT2D eigenvalue weighted by Gasteiger charge is -2.09. The average molecular weight is 312 g/mol. The third-order valence-electron chi connectivity index (χ3n) is 3.46. The minimum atomic E-state index is -0.208. The molecule has 23 heavy (non-hydrogen) atoms. The van der Waals surface area contributed by atoms with Gasteiger partial charge in [0.25, 0.3) is 5.91 Å². The number of benzene rings is 2. The first-order valence-electron chi connectivity index (χ1n) is 7.03. The number of methoxy groups -OCH3 is 2. The van der Waals surface area contributed by atoms with Crippen molar-refractivity contribution in [3.8, 4) is 11.5 Å². The first-order chi connectivity index (χ1) is 11.2. The smallest absolute Gasteiger partial charge is 0.251 e. The summed E-state index contributed by atoms with van der Waals surface area (Å²) in [6.07, 6.45) is 1.40. The molecule has 0 fully saturated rings. The van der Waals surface area contributed by atoms with E-state index in [4.69, 9.17) is 13.9 Å². The van der Waals surface area contributed by atoms with Crippen LogP contribution in [0.3, 0.4) is 0 Å². The van der Waals surface area contributed by atoms with Crippen molar-refractivity contribution < 1.29 is 18.7 Å². The van der Waals surface area contributed by atoms with E-state index in [0.29, 0.717) is 29.2 Å². The van der Waals surface area contributed by atoms with Gasteiger partial charge in [-0.3, -0.25) is 4.79 Å². The van der Waals surface area contributed by atoms with Gasteiger partial charge in [-0.25, -0.2) is 4.98 Å². The zero-order chi connectivity index (χ0) is 16.2. The van der Waals surface area contributed by atoms with E-state index in [1.54, 1.807) is 32.4 Å². The zero-order valence-corrected chi connectivity index (χ0v) is 12.8. The minimum Gasteiger partial charge on any atom is -0.497 e. The number of rotatable bonds is 5. The summed E-state index contributed by atoms with van der Waals surface area (Å²) >= 11 is 0. The second-order valence-electron chi connectivity index (χ2n) is 4.94. The molecule has 0 atom stereocenters. The molecule has 3 aromatic rings. The second-order valence-corrected chi connectivity index (χ2v) is 4.94. The van der Waals surface area contributed by atoms with Gasteiger partial charge in [0.15, 0.2) is 12.0 Å². The third-order valence-corrected chi connectivity index (χ3v) is 3.46. The van der Waals surface area contributed by atoms with Crippen molar-refractivity contribution in [1.29, 1.82) is 0 Å². The highest BCUT2D eigenvalue weighted by Gasteiger charge is 2.10. The van der Waals surface area contributed by atoms with Crippen LogP contribution in [0.2, 0.25) is 0 Å². The molecule has 118 valence electrons. The Morgan fingerprint density at radius 3 is 2.57 bits per heavy atom. The number of nitrogens with zero attached hydrogens (tertiary/aromatic N) is 1. The van der Waals surface area contributed by atoms with Crippen molar-refractivity contribution >= 4 is 17.0 Å². The van der Waals surface area contributed by atoms with Crippen LogP contribution >= 0.6 is 0 Å². The lowest BCUT2D eigenvalue weighted by atomic mass is 10.1. The topological polar surface area (TPSA) is 73.6 Å². The molecule has 6 heteroatoms. The van der Waals surface area contributed by atoms with Gasteiger partial charge in [0, 0.05) is 18.2 Å². The molecule has 1 aromatic heterocycles. The quantitative estimate of drug-likeness (QED) is 0.784. The van der Waals surface area contributed by atoms with Gasteiger partial charge in [-0.2, -0.15) is 0 Å². The van der Waals surface area contributed by atoms with Gasteiger partial charge >= 0.3 is 0 Å². The SMILES string of the molecule is COc1cc(OC)cc(C(=O)NCc2ccc3ncoc3c2)c1. The van der Waals surface area contributed by atoms with E-state index in [-0.39, 0.29) is 5.91 Å². The molecule has 1 amide bonds. The summed E-state index contributed by atoms with van der Waals surface area (Å²) in [5.41, 5.74) is 2.89. The molecule has 0 aliphatic heterocycles. The van der Waals surface area contributed by atoms with Crippen LogP contribution in [0.5, 0.6) is 11.5 Å². The molecule has 0 saturated carbocycles. The Balaban J connectivity index is 1.73. The molecule has 1 heterocycles. The van der Waals surface area contributed by atoms with Crippen LogP contribution in [0.15, 0.2) is 47.2 Å². The summed E-state index contributed by atoms with van der Waals surface area (Å²) in [7, 11) is 3.09. The van der Waals surface area contributed by atoms with Crippen LogP contribution < -0.4 is 14.8 Å². The highest BCUT2D eigenvalue weighted by molar-refractivity contribution is 5.95. The van der Waals surface area contributed by atoms with Crippen molar-refractivity contribution in [2.75, 3.05) is 14.2 Å². The first-order valence-corrected chi connectivity index (χ1v) is 7.03. The summed E-state index contributed by atoms with van der Waals surface area (Å²) < 4.78 is 15.6. The summed E-state index contributed by atoms with van der Waals surface area (Å²) in [5, 5.41) is 2.86. The normalized spacial score (nSPS) is 10.5. The lowest BCUT2D eigenvalue weighted by Crippen LogP contribution is -2.22. The van der Waals surface area contributed by atoms with E-state index in [0.717, 1.165) is 11.1 Å². The Kier molecular flexibility index (Phi) is 4.14. The molecule has 0 radical (unpaired) electrons. The van der Waals surface area contributed by atoms with Gasteiger partial charge in [0.1, 0.15) is 17.0 Å². The van der Waals surface area contributed by atoms with E-state index in [1.165, 1.54) is 6.39 Å². The maximum absolute atomic E-state index is 12.3. The highest BCUT2D eigenvalue weighted by Crippen LogP contribution is 2.22. The van der Waals surface area contributed by atoms with Crippen LogP contribution in [0.1, 0.15) is 15.9 Å². The van der Waals surface area contributed by atoms with Crippen LogP contribution in [-0.2, 0) is 6.54 Å². The fourth-order valence-electron chi connectivity index (χ4n) is 2.23. The zero-order valence-electron chi connectivity index (χ0n) is 12.8. The number of hydrogen-bond donors (Lipinski definition) is 1. The summed E-state index contributed by atoms with van der Waals surface area (Å²) in [4.78, 5) is 16.4. The van der Waals surface area contributed by atoms with Gasteiger partial charge in [-0.15, -0.1) is 0 Å². The first kappa shape index (κ1) is 14.9. The number of fused-ring (bicyclic) bond motifs is 1. The van der Waals surface area contributed by atoms with E-state index in [1.807, 2.05) is 18.2 Å². The molecule has 0 saturated heterocycles. The van der Waals surface area contributed by atoms with Crippen molar-refractivity contribution in [1.82, 2.24) is 10.3 Å². The lowest BCUT2D eigenvalue weighted by molar-refractivity contribution is 0.0950. The fourth-order valence-corrected chi connectivity index (χ4v) is 2.23. The number of amides is 1. The summed E-state index contributed by atoms with van der Waals surface area (Å²) in [6, 6.07) is 10.7. The Labute approximate surface area is 133 Å². The fraction of sp³-hybridized carbons (Fsp3) is 0.176. The Bertz CT molecular complexity index is 819. The summed E-state index contributed by atoms with van der Waals surface area (Å²) in [5.74, 6) is 0.926. The average Bonchev–Trinajstić information content (AvgIpc) is 3.06. The number of carbonyl (C=O) groups excluding carboxylic acids is 1. The molecule has 2 aromatic carbocycles. The van der Waals surface area contributed by atoms with Crippen molar-refractivity contribution in [2.24, 2.45) is 0 Å². The predicted molar refractivity (Wildman–Crippen MR) is 84.7 cm³/mol. The number of carbonyl (C=O) groups is 1. The third kappa shape index (κ3) is 3.26. The van der Waals surface area contributed by atoms with E-state index in [2.05, 4.69) is 10.3 Å². The van der Waals surface area contributed by atoms with E-state index >= 15 is 0 Å². The van der Waals surface area contributed by atoms with Gasteiger partial charge in [0.05, 0.1) is 14.2 Å². The molecule has 0 unspecified atom stereocenters. The molecule has 0 aliphatic rings. The number of oxazole rings is 1. The Morgan fingerprint density at radius 1 is 1.13 bits per heavy atom. The predicted octanol–water partition coefficient (Wildman–Crippen LogP) is 2.78. The van der Waals surface area contributed by atoms with Gasteiger partial charge in [0.2, 0.25) is 0 Å². The minimum absolute atomic E-state index is 0.208. The van der Waals surface area contributed by atoms with Crippen LogP contribution in [0.25, 0.3) is 11.1 Å². The number of aromatic nitrogens is 1.